The summed E-state index contributed by atoms with van der Waals surface area (Å²) in [5.41, 5.74) is 0.758. The third-order valence-electron chi connectivity index (χ3n) is 3.91. The van der Waals surface area contributed by atoms with Crippen molar-refractivity contribution in [2.24, 2.45) is 0 Å². The zero-order valence-corrected chi connectivity index (χ0v) is 15.1. The lowest BCUT2D eigenvalue weighted by Gasteiger charge is -2.14. The monoisotopic (exact) mass is 373 g/mol. The van der Waals surface area contributed by atoms with Gasteiger partial charge in [0.05, 0.1) is 19.8 Å². The van der Waals surface area contributed by atoms with Gasteiger partial charge in [-0.2, -0.15) is 0 Å². The smallest absolute Gasteiger partial charge is 0.339 e. The average molecular weight is 373 g/mol. The SMILES string of the molecule is COc1ccc(C(=O)O[C@H](C)C(=O)Nc2ccc3c(c2)OCO3)cc1OC. The third-order valence-corrected chi connectivity index (χ3v) is 3.91. The molecule has 1 N–H and O–H groups in total. The van der Waals surface area contributed by atoms with Gasteiger partial charge in [0.1, 0.15) is 0 Å². The maximum absolute atomic E-state index is 12.3. The van der Waals surface area contributed by atoms with Gasteiger partial charge in [-0.3, -0.25) is 4.79 Å². The number of ether oxygens (including phenoxy) is 5. The van der Waals surface area contributed by atoms with Gasteiger partial charge in [-0.05, 0) is 37.3 Å². The molecule has 0 spiro atoms. The molecule has 0 aliphatic carbocycles. The van der Waals surface area contributed by atoms with Crippen molar-refractivity contribution in [3.8, 4) is 23.0 Å². The second kappa shape index (κ2) is 7.86. The van der Waals surface area contributed by atoms with E-state index >= 15 is 0 Å². The van der Waals surface area contributed by atoms with Crippen molar-refractivity contribution in [3.63, 3.8) is 0 Å². The highest BCUT2D eigenvalue weighted by Gasteiger charge is 2.21. The number of anilines is 1. The van der Waals surface area contributed by atoms with E-state index in [0.29, 0.717) is 28.7 Å². The Morgan fingerprint density at radius 3 is 2.48 bits per heavy atom. The fraction of sp³-hybridized carbons (Fsp3) is 0.263. The number of methoxy groups -OCH3 is 2. The Morgan fingerprint density at radius 2 is 1.74 bits per heavy atom. The summed E-state index contributed by atoms with van der Waals surface area (Å²) in [7, 11) is 2.97. The largest absolute Gasteiger partial charge is 0.493 e. The molecule has 0 saturated carbocycles. The van der Waals surface area contributed by atoms with Gasteiger partial charge in [0.2, 0.25) is 6.79 Å². The van der Waals surface area contributed by atoms with E-state index in [4.69, 9.17) is 23.7 Å². The molecule has 0 fully saturated rings. The van der Waals surface area contributed by atoms with Crippen LogP contribution in [0.1, 0.15) is 17.3 Å². The second-order valence-corrected chi connectivity index (χ2v) is 5.67. The summed E-state index contributed by atoms with van der Waals surface area (Å²) in [6.07, 6.45) is -1.00. The van der Waals surface area contributed by atoms with E-state index in [1.54, 1.807) is 24.3 Å². The molecule has 1 aliphatic rings. The third kappa shape index (κ3) is 4.05. The van der Waals surface area contributed by atoms with Crippen LogP contribution in [0.5, 0.6) is 23.0 Å². The number of rotatable bonds is 6. The molecule has 1 atom stereocenters. The van der Waals surface area contributed by atoms with E-state index < -0.39 is 18.0 Å². The Balaban J connectivity index is 1.63. The number of amides is 1. The van der Waals surface area contributed by atoms with Crippen molar-refractivity contribution in [3.05, 3.63) is 42.0 Å². The molecular formula is C19H19NO7. The lowest BCUT2D eigenvalue weighted by atomic mass is 10.2. The summed E-state index contributed by atoms with van der Waals surface area (Å²) >= 11 is 0. The minimum absolute atomic E-state index is 0.145. The number of hydrogen-bond donors (Lipinski definition) is 1. The molecule has 0 radical (unpaired) electrons. The molecule has 8 nitrogen and oxygen atoms in total. The van der Waals surface area contributed by atoms with Crippen molar-refractivity contribution in [2.45, 2.75) is 13.0 Å². The number of fused-ring (bicyclic) bond motifs is 1. The molecule has 142 valence electrons. The van der Waals surface area contributed by atoms with Gasteiger partial charge in [-0.25, -0.2) is 4.79 Å². The average Bonchev–Trinajstić information content (AvgIpc) is 3.15. The molecule has 3 rings (SSSR count). The van der Waals surface area contributed by atoms with Crippen LogP contribution < -0.4 is 24.3 Å². The number of hydrogen-bond acceptors (Lipinski definition) is 7. The fourth-order valence-electron chi connectivity index (χ4n) is 2.46. The van der Waals surface area contributed by atoms with Crippen LogP contribution in [0, 0.1) is 0 Å². The molecule has 1 amide bonds. The molecular weight excluding hydrogens is 354 g/mol. The summed E-state index contributed by atoms with van der Waals surface area (Å²) in [5.74, 6) is 0.919. The normalized spacial score (nSPS) is 12.9. The summed E-state index contributed by atoms with van der Waals surface area (Å²) < 4.78 is 26.0. The maximum Gasteiger partial charge on any atom is 0.339 e. The first kappa shape index (κ1) is 18.4. The van der Waals surface area contributed by atoms with E-state index in [9.17, 15) is 9.59 Å². The number of carbonyl (C=O) groups is 2. The second-order valence-electron chi connectivity index (χ2n) is 5.67. The molecule has 0 saturated heterocycles. The molecule has 8 heteroatoms. The van der Waals surface area contributed by atoms with Gasteiger partial charge < -0.3 is 29.0 Å². The summed E-state index contributed by atoms with van der Waals surface area (Å²) in [5, 5.41) is 2.67. The van der Waals surface area contributed by atoms with E-state index in [2.05, 4.69) is 5.32 Å². The van der Waals surface area contributed by atoms with Crippen LogP contribution in [0.15, 0.2) is 36.4 Å². The Bertz CT molecular complexity index is 865. The molecule has 0 bridgehead atoms. The predicted octanol–water partition coefficient (Wildman–Crippen LogP) is 2.62. The minimum Gasteiger partial charge on any atom is -0.493 e. The molecule has 27 heavy (non-hydrogen) atoms. The highest BCUT2D eigenvalue weighted by molar-refractivity contribution is 5.97. The Labute approximate surface area is 155 Å². The molecule has 2 aromatic rings. The van der Waals surface area contributed by atoms with Crippen LogP contribution in [-0.2, 0) is 9.53 Å². The number of esters is 1. The van der Waals surface area contributed by atoms with Crippen molar-refractivity contribution < 1.29 is 33.3 Å². The Hall–Kier alpha value is -3.42. The van der Waals surface area contributed by atoms with Crippen LogP contribution in [0.3, 0.4) is 0 Å². The summed E-state index contributed by atoms with van der Waals surface area (Å²) in [6, 6.07) is 9.62. The van der Waals surface area contributed by atoms with Gasteiger partial charge >= 0.3 is 5.97 Å². The van der Waals surface area contributed by atoms with Gasteiger partial charge in [-0.15, -0.1) is 0 Å². The lowest BCUT2D eigenvalue weighted by Crippen LogP contribution is -2.30. The van der Waals surface area contributed by atoms with Crippen LogP contribution in [0.2, 0.25) is 0 Å². The van der Waals surface area contributed by atoms with Crippen molar-refractivity contribution in [1.82, 2.24) is 0 Å². The molecule has 1 heterocycles. The molecule has 1 aliphatic heterocycles. The first-order valence-electron chi connectivity index (χ1n) is 8.15. The first-order chi connectivity index (χ1) is 13.0. The minimum atomic E-state index is -1.00. The zero-order chi connectivity index (χ0) is 19.4. The van der Waals surface area contributed by atoms with Gasteiger partial charge in [0.15, 0.2) is 29.1 Å². The van der Waals surface area contributed by atoms with Crippen LogP contribution in [0.4, 0.5) is 5.69 Å². The van der Waals surface area contributed by atoms with Gasteiger partial charge in [0.25, 0.3) is 5.91 Å². The van der Waals surface area contributed by atoms with Crippen molar-refractivity contribution in [2.75, 3.05) is 26.3 Å². The first-order valence-corrected chi connectivity index (χ1v) is 8.15. The summed E-state index contributed by atoms with van der Waals surface area (Å²) in [4.78, 5) is 24.6. The maximum atomic E-state index is 12.3. The highest BCUT2D eigenvalue weighted by Crippen LogP contribution is 2.34. The standard InChI is InChI=1S/C19H19NO7/c1-11(18(21)20-13-5-7-15-17(9-13)26-10-25-15)27-19(22)12-4-6-14(23-2)16(8-12)24-3/h4-9,11H,10H2,1-3H3,(H,20,21)/t11-/m1/s1. The fourth-order valence-corrected chi connectivity index (χ4v) is 2.46. The highest BCUT2D eigenvalue weighted by atomic mass is 16.7. The van der Waals surface area contributed by atoms with E-state index in [1.807, 2.05) is 0 Å². The zero-order valence-electron chi connectivity index (χ0n) is 15.1. The van der Waals surface area contributed by atoms with E-state index in [1.165, 1.54) is 33.3 Å². The van der Waals surface area contributed by atoms with E-state index in [0.717, 1.165) is 0 Å². The number of carbonyl (C=O) groups excluding carboxylic acids is 2. The number of benzene rings is 2. The Morgan fingerprint density at radius 1 is 1.00 bits per heavy atom. The topological polar surface area (TPSA) is 92.3 Å². The summed E-state index contributed by atoms with van der Waals surface area (Å²) in [6.45, 7) is 1.63. The van der Waals surface area contributed by atoms with Crippen molar-refractivity contribution >= 4 is 17.6 Å². The van der Waals surface area contributed by atoms with Crippen LogP contribution >= 0.6 is 0 Å². The van der Waals surface area contributed by atoms with Crippen LogP contribution in [0.25, 0.3) is 0 Å². The van der Waals surface area contributed by atoms with E-state index in [-0.39, 0.29) is 12.4 Å². The Kier molecular flexibility index (Phi) is 5.35. The van der Waals surface area contributed by atoms with Gasteiger partial charge in [-0.1, -0.05) is 0 Å². The van der Waals surface area contributed by atoms with Crippen LogP contribution in [-0.4, -0.2) is 39.0 Å². The molecule has 2 aromatic carbocycles. The van der Waals surface area contributed by atoms with Gasteiger partial charge in [0, 0.05) is 11.8 Å². The number of nitrogens with one attached hydrogen (secondary N) is 1. The molecule has 0 aromatic heterocycles. The lowest BCUT2D eigenvalue weighted by molar-refractivity contribution is -0.123. The predicted molar refractivity (Wildman–Crippen MR) is 95.6 cm³/mol. The quantitative estimate of drug-likeness (QED) is 0.778. The molecule has 0 unspecified atom stereocenters. The van der Waals surface area contributed by atoms with Crippen molar-refractivity contribution in [1.29, 1.82) is 0 Å².